The molecule has 0 unspecified atom stereocenters. The zero-order chi connectivity index (χ0) is 13.8. The molecule has 100 valence electrons. The van der Waals surface area contributed by atoms with Crippen molar-refractivity contribution in [3.05, 3.63) is 57.2 Å². The van der Waals surface area contributed by atoms with Crippen LogP contribution in [0.25, 0.3) is 0 Å². The Hall–Kier alpha value is -1.88. The van der Waals surface area contributed by atoms with Crippen LogP contribution in [0, 0.1) is 5.82 Å². The molecule has 1 aromatic heterocycles. The van der Waals surface area contributed by atoms with Crippen molar-refractivity contribution in [2.45, 2.75) is 13.5 Å². The van der Waals surface area contributed by atoms with Crippen molar-refractivity contribution in [2.24, 2.45) is 0 Å². The summed E-state index contributed by atoms with van der Waals surface area (Å²) in [5.41, 5.74) is 1.08. The van der Waals surface area contributed by atoms with E-state index in [1.165, 1.54) is 22.9 Å². The van der Waals surface area contributed by atoms with Gasteiger partial charge in [-0.05, 0) is 24.6 Å². The van der Waals surface area contributed by atoms with Crippen LogP contribution < -0.4 is 10.9 Å². The van der Waals surface area contributed by atoms with Crippen molar-refractivity contribution < 1.29 is 4.39 Å². The largest absolute Gasteiger partial charge is 0.384 e. The van der Waals surface area contributed by atoms with Gasteiger partial charge in [-0.2, -0.15) is 5.10 Å². The quantitative estimate of drug-likeness (QED) is 0.937. The molecule has 2 rings (SSSR count). The summed E-state index contributed by atoms with van der Waals surface area (Å²) in [5.74, 6) is -0.406. The van der Waals surface area contributed by atoms with Gasteiger partial charge in [0.05, 0.1) is 18.4 Å². The van der Waals surface area contributed by atoms with Gasteiger partial charge in [0.25, 0.3) is 5.56 Å². The number of hydrogen-bond donors (Lipinski definition) is 1. The Bertz CT molecular complexity index is 642. The molecule has 2 aromatic rings. The zero-order valence-electron chi connectivity index (χ0n) is 10.4. The third-order valence-electron chi connectivity index (χ3n) is 2.59. The van der Waals surface area contributed by atoms with E-state index in [1.54, 1.807) is 12.3 Å². The zero-order valence-corrected chi connectivity index (χ0v) is 11.1. The summed E-state index contributed by atoms with van der Waals surface area (Å²) in [4.78, 5) is 11.8. The first-order chi connectivity index (χ1) is 9.10. The van der Waals surface area contributed by atoms with Gasteiger partial charge in [-0.15, -0.1) is 0 Å². The maximum atomic E-state index is 12.9. The predicted molar refractivity (Wildman–Crippen MR) is 73.2 cm³/mol. The van der Waals surface area contributed by atoms with Crippen molar-refractivity contribution in [3.63, 3.8) is 0 Å². The topological polar surface area (TPSA) is 46.9 Å². The number of benzene rings is 1. The Morgan fingerprint density at radius 2 is 2.21 bits per heavy atom. The average molecular weight is 282 g/mol. The van der Waals surface area contributed by atoms with E-state index < -0.39 is 5.82 Å². The molecule has 0 saturated carbocycles. The summed E-state index contributed by atoms with van der Waals surface area (Å²) >= 11 is 5.92. The van der Waals surface area contributed by atoms with Gasteiger partial charge in [0.15, 0.2) is 0 Å². The van der Waals surface area contributed by atoms with Crippen molar-refractivity contribution >= 4 is 17.3 Å². The van der Waals surface area contributed by atoms with E-state index in [0.29, 0.717) is 11.3 Å². The normalized spacial score (nSPS) is 10.5. The minimum atomic E-state index is -0.406. The molecule has 19 heavy (non-hydrogen) atoms. The number of anilines is 1. The molecule has 0 aliphatic rings. The first kappa shape index (κ1) is 13.5. The van der Waals surface area contributed by atoms with Crippen LogP contribution >= 0.6 is 11.6 Å². The van der Waals surface area contributed by atoms with Crippen LogP contribution in [0.2, 0.25) is 5.02 Å². The highest BCUT2D eigenvalue weighted by molar-refractivity contribution is 6.31. The number of nitrogens with zero attached hydrogens (tertiary/aromatic N) is 2. The van der Waals surface area contributed by atoms with Crippen molar-refractivity contribution in [2.75, 3.05) is 11.9 Å². The molecular formula is C13H13ClFN3O. The third kappa shape index (κ3) is 3.32. The number of nitrogens with one attached hydrogen (secondary N) is 1. The lowest BCUT2D eigenvalue weighted by Crippen LogP contribution is -2.23. The molecule has 1 N–H and O–H groups in total. The lowest BCUT2D eigenvalue weighted by Gasteiger charge is -2.08. The smallest absolute Gasteiger partial charge is 0.269 e. The summed E-state index contributed by atoms with van der Waals surface area (Å²) < 4.78 is 14.2. The molecule has 0 atom stereocenters. The minimum absolute atomic E-state index is 0.213. The number of aromatic nitrogens is 2. The van der Waals surface area contributed by atoms with Gasteiger partial charge in [-0.1, -0.05) is 17.7 Å². The molecule has 0 amide bonds. The Balaban J connectivity index is 2.26. The second kappa shape index (κ2) is 5.84. The molecule has 0 spiro atoms. The maximum Gasteiger partial charge on any atom is 0.269 e. The summed E-state index contributed by atoms with van der Waals surface area (Å²) in [7, 11) is 0. The second-order valence-corrected chi connectivity index (χ2v) is 4.41. The SMILES string of the molecule is CCNc1cnn(Cc2ccc(F)cc2Cl)c(=O)c1. The fraction of sp³-hybridized carbons (Fsp3) is 0.231. The number of rotatable bonds is 4. The van der Waals surface area contributed by atoms with Crippen LogP contribution in [-0.4, -0.2) is 16.3 Å². The lowest BCUT2D eigenvalue weighted by molar-refractivity contribution is 0.619. The van der Waals surface area contributed by atoms with E-state index in [4.69, 9.17) is 11.6 Å². The van der Waals surface area contributed by atoms with Crippen LogP contribution in [0.3, 0.4) is 0 Å². The molecule has 0 fully saturated rings. The van der Waals surface area contributed by atoms with E-state index in [2.05, 4.69) is 10.4 Å². The van der Waals surface area contributed by atoms with Crippen molar-refractivity contribution in [1.29, 1.82) is 0 Å². The van der Waals surface area contributed by atoms with Crippen LogP contribution in [0.1, 0.15) is 12.5 Å². The lowest BCUT2D eigenvalue weighted by atomic mass is 10.2. The summed E-state index contributed by atoms with van der Waals surface area (Å²) in [6, 6.07) is 5.53. The summed E-state index contributed by atoms with van der Waals surface area (Å²) in [6.07, 6.45) is 1.57. The molecular weight excluding hydrogens is 269 g/mol. The fourth-order valence-electron chi connectivity index (χ4n) is 1.66. The van der Waals surface area contributed by atoms with E-state index in [1.807, 2.05) is 6.92 Å². The van der Waals surface area contributed by atoms with Crippen molar-refractivity contribution in [1.82, 2.24) is 9.78 Å². The molecule has 0 bridgehead atoms. The molecule has 0 aliphatic carbocycles. The third-order valence-corrected chi connectivity index (χ3v) is 2.94. The van der Waals surface area contributed by atoms with Gasteiger partial charge in [0, 0.05) is 17.6 Å². The van der Waals surface area contributed by atoms with Gasteiger partial charge in [-0.25, -0.2) is 9.07 Å². The molecule has 1 heterocycles. The van der Waals surface area contributed by atoms with Gasteiger partial charge in [-0.3, -0.25) is 4.79 Å². The number of halogens is 2. The molecule has 0 radical (unpaired) electrons. The molecule has 0 aliphatic heterocycles. The standard InChI is InChI=1S/C13H13ClFN3O/c1-2-16-11-6-13(19)18(17-7-11)8-9-3-4-10(15)5-12(9)14/h3-7,16H,2,8H2,1H3. The van der Waals surface area contributed by atoms with Gasteiger partial charge >= 0.3 is 0 Å². The highest BCUT2D eigenvalue weighted by Gasteiger charge is 2.05. The maximum absolute atomic E-state index is 12.9. The fourth-order valence-corrected chi connectivity index (χ4v) is 1.89. The Kier molecular flexibility index (Phi) is 4.16. The van der Waals surface area contributed by atoms with Crippen LogP contribution in [0.5, 0.6) is 0 Å². The Labute approximate surface area is 114 Å². The van der Waals surface area contributed by atoms with Gasteiger partial charge < -0.3 is 5.32 Å². The van der Waals surface area contributed by atoms with E-state index >= 15 is 0 Å². The van der Waals surface area contributed by atoms with Crippen LogP contribution in [0.15, 0.2) is 35.3 Å². The average Bonchev–Trinajstić information content (AvgIpc) is 2.36. The highest BCUT2D eigenvalue weighted by atomic mass is 35.5. The van der Waals surface area contributed by atoms with E-state index in [9.17, 15) is 9.18 Å². The highest BCUT2D eigenvalue weighted by Crippen LogP contribution is 2.17. The monoisotopic (exact) mass is 281 g/mol. The molecule has 4 nitrogen and oxygen atoms in total. The predicted octanol–water partition coefficient (Wildman–Crippen LogP) is 2.52. The first-order valence-electron chi connectivity index (χ1n) is 5.85. The van der Waals surface area contributed by atoms with E-state index in [-0.39, 0.29) is 17.1 Å². The van der Waals surface area contributed by atoms with Crippen molar-refractivity contribution in [3.8, 4) is 0 Å². The Morgan fingerprint density at radius 1 is 1.42 bits per heavy atom. The van der Waals surface area contributed by atoms with Gasteiger partial charge in [0.2, 0.25) is 0 Å². The Morgan fingerprint density at radius 3 is 2.84 bits per heavy atom. The molecule has 1 aromatic carbocycles. The van der Waals surface area contributed by atoms with Crippen LogP contribution in [0.4, 0.5) is 10.1 Å². The van der Waals surface area contributed by atoms with Gasteiger partial charge in [0.1, 0.15) is 5.82 Å². The van der Waals surface area contributed by atoms with E-state index in [0.717, 1.165) is 6.54 Å². The second-order valence-electron chi connectivity index (χ2n) is 4.01. The number of hydrogen-bond acceptors (Lipinski definition) is 3. The van der Waals surface area contributed by atoms with Crippen LogP contribution in [-0.2, 0) is 6.54 Å². The first-order valence-corrected chi connectivity index (χ1v) is 6.23. The summed E-state index contributed by atoms with van der Waals surface area (Å²) in [5, 5.41) is 7.33. The minimum Gasteiger partial charge on any atom is -0.384 e. The summed E-state index contributed by atoms with van der Waals surface area (Å²) in [6.45, 7) is 2.86. The molecule has 6 heteroatoms. The molecule has 0 saturated heterocycles.